The van der Waals surface area contributed by atoms with Gasteiger partial charge in [0.15, 0.2) is 11.1 Å². The van der Waals surface area contributed by atoms with Crippen LogP contribution in [0.5, 0.6) is 0 Å². The van der Waals surface area contributed by atoms with Gasteiger partial charge in [-0.15, -0.1) is 10.2 Å². The second kappa shape index (κ2) is 17.0. The second-order valence-electron chi connectivity index (χ2n) is 10.9. The fourth-order valence-electron chi connectivity index (χ4n) is 4.79. The van der Waals surface area contributed by atoms with Gasteiger partial charge in [0.25, 0.3) is 15.7 Å². The topological polar surface area (TPSA) is 246 Å². The summed E-state index contributed by atoms with van der Waals surface area (Å²) in [5.41, 5.74) is 0.0250. The molecule has 53 heavy (non-hydrogen) atoms. The number of anilines is 1. The van der Waals surface area contributed by atoms with Crippen molar-refractivity contribution >= 4 is 62.4 Å². The van der Waals surface area contributed by atoms with Crippen LogP contribution in [0.15, 0.2) is 100 Å². The van der Waals surface area contributed by atoms with Crippen LogP contribution in [0.4, 0.5) is 16.3 Å². The van der Waals surface area contributed by atoms with E-state index in [2.05, 4.69) is 25.2 Å². The number of carbonyl (C=O) groups excluding carboxylic acids is 2. The highest BCUT2D eigenvalue weighted by Gasteiger charge is 2.26. The monoisotopic (exact) mass is 782 g/mol. The third-order valence-corrected chi connectivity index (χ3v) is 10.2. The lowest BCUT2D eigenvalue weighted by Crippen LogP contribution is -2.43. The van der Waals surface area contributed by atoms with Gasteiger partial charge in [0.05, 0.1) is 10.5 Å². The molecule has 3 aromatic carbocycles. The maximum atomic E-state index is 13.1. The lowest BCUT2D eigenvalue weighted by atomic mass is 10.0. The van der Waals surface area contributed by atoms with Crippen molar-refractivity contribution in [2.75, 3.05) is 25.0 Å². The molecule has 0 spiro atoms. The Hall–Kier alpha value is -6.09. The number of nitrogens with one attached hydrogen (secondary N) is 2. The Morgan fingerprint density at radius 2 is 1.68 bits per heavy atom. The standard InChI is InChI=1S/C32H27ClN8O10S2/c33-22-11-12-23(24(17-22)41(47)48)29-37-38-32(52-29)53(49,50)34-14-16-39(19-27(43)44)26(42)18-40-15-13-25(35-30(40)45)36-31(46)51-28(20-7-3-1-4-8-20)21-9-5-2-6-10-21/h1-13,15,17,28,34H,14,16,18-19H2,(H,43,44)(H,35,36,45,46). The van der Waals surface area contributed by atoms with Gasteiger partial charge in [-0.3, -0.25) is 29.6 Å². The summed E-state index contributed by atoms with van der Waals surface area (Å²) >= 11 is 6.38. The molecule has 0 saturated heterocycles. The SMILES string of the molecule is O=C(O)CN(CCNS(=O)(=O)c1nnc(-c2ccc(Cl)cc2[N+](=O)[O-])s1)C(=O)Cn1ccc(NC(=O)OC(c2ccccc2)c2ccccc2)nc1=O. The molecule has 0 radical (unpaired) electrons. The molecule has 0 aliphatic rings. The predicted molar refractivity (Wildman–Crippen MR) is 190 cm³/mol. The van der Waals surface area contributed by atoms with E-state index in [1.165, 1.54) is 18.2 Å². The zero-order valence-electron chi connectivity index (χ0n) is 27.1. The van der Waals surface area contributed by atoms with E-state index in [1.54, 1.807) is 48.5 Å². The van der Waals surface area contributed by atoms with Crippen LogP contribution in [-0.4, -0.2) is 80.7 Å². The van der Waals surface area contributed by atoms with E-state index in [-0.39, 0.29) is 21.4 Å². The van der Waals surface area contributed by atoms with Crippen LogP contribution in [0, 0.1) is 10.1 Å². The third-order valence-electron chi connectivity index (χ3n) is 7.22. The van der Waals surface area contributed by atoms with E-state index in [4.69, 9.17) is 16.3 Å². The number of ether oxygens (including phenoxy) is 1. The summed E-state index contributed by atoms with van der Waals surface area (Å²) in [5.74, 6) is -2.45. The molecule has 3 N–H and O–H groups in total. The van der Waals surface area contributed by atoms with Gasteiger partial charge in [-0.25, -0.2) is 22.7 Å². The van der Waals surface area contributed by atoms with Gasteiger partial charge in [0, 0.05) is 30.4 Å². The molecule has 0 atom stereocenters. The lowest BCUT2D eigenvalue weighted by Gasteiger charge is -2.21. The summed E-state index contributed by atoms with van der Waals surface area (Å²) in [6, 6.07) is 23.0. The molecule has 0 saturated carbocycles. The van der Waals surface area contributed by atoms with E-state index >= 15 is 0 Å². The van der Waals surface area contributed by atoms with Gasteiger partial charge in [0.1, 0.15) is 18.9 Å². The lowest BCUT2D eigenvalue weighted by molar-refractivity contribution is -0.384. The maximum Gasteiger partial charge on any atom is 0.413 e. The fraction of sp³-hybridized carbons (Fsp3) is 0.156. The van der Waals surface area contributed by atoms with E-state index in [9.17, 15) is 42.8 Å². The first-order chi connectivity index (χ1) is 25.3. The Morgan fingerprint density at radius 1 is 1.02 bits per heavy atom. The molecule has 21 heteroatoms. The highest BCUT2D eigenvalue weighted by molar-refractivity contribution is 7.91. The van der Waals surface area contributed by atoms with Crippen molar-refractivity contribution in [3.63, 3.8) is 0 Å². The Bertz CT molecular complexity index is 2270. The Balaban J connectivity index is 1.20. The molecule has 2 amide bonds. The van der Waals surface area contributed by atoms with Crippen LogP contribution >= 0.6 is 22.9 Å². The molecule has 0 fully saturated rings. The summed E-state index contributed by atoms with van der Waals surface area (Å²) in [5, 5.41) is 30.6. The number of nitro benzene ring substituents is 1. The van der Waals surface area contributed by atoms with Gasteiger partial charge in [-0.1, -0.05) is 83.6 Å². The van der Waals surface area contributed by atoms with E-state index in [0.717, 1.165) is 21.7 Å². The number of rotatable bonds is 15. The van der Waals surface area contributed by atoms with Crippen LogP contribution in [-0.2, 0) is 30.9 Å². The molecular formula is C32H27ClN8O10S2. The smallest absolute Gasteiger partial charge is 0.413 e. The number of halogens is 1. The molecule has 2 heterocycles. The van der Waals surface area contributed by atoms with Crippen molar-refractivity contribution in [3.05, 3.63) is 128 Å². The predicted octanol–water partition coefficient (Wildman–Crippen LogP) is 3.55. The van der Waals surface area contributed by atoms with Gasteiger partial charge in [-0.05, 0) is 29.3 Å². The number of hydrogen-bond acceptors (Lipinski definition) is 13. The van der Waals surface area contributed by atoms with Crippen molar-refractivity contribution in [2.45, 2.75) is 17.0 Å². The molecule has 274 valence electrons. The van der Waals surface area contributed by atoms with Crippen molar-refractivity contribution < 1.29 is 37.6 Å². The van der Waals surface area contributed by atoms with Crippen LogP contribution < -0.4 is 15.7 Å². The Labute approximate surface area is 308 Å². The van der Waals surface area contributed by atoms with Gasteiger partial charge in [-0.2, -0.15) is 4.98 Å². The molecule has 2 aromatic heterocycles. The average Bonchev–Trinajstić information content (AvgIpc) is 3.63. The maximum absolute atomic E-state index is 13.1. The molecule has 0 aliphatic heterocycles. The minimum absolute atomic E-state index is 0.00943. The first-order valence-corrected chi connectivity index (χ1v) is 17.9. The minimum Gasteiger partial charge on any atom is -0.480 e. The average molecular weight is 783 g/mol. The molecule has 0 aliphatic carbocycles. The Morgan fingerprint density at radius 3 is 2.28 bits per heavy atom. The van der Waals surface area contributed by atoms with Crippen molar-refractivity contribution in [1.29, 1.82) is 0 Å². The fourth-order valence-corrected chi connectivity index (χ4v) is 7.05. The van der Waals surface area contributed by atoms with Gasteiger partial charge >= 0.3 is 17.8 Å². The first-order valence-electron chi connectivity index (χ1n) is 15.2. The number of hydrogen-bond donors (Lipinski definition) is 3. The summed E-state index contributed by atoms with van der Waals surface area (Å²) in [4.78, 5) is 65.5. The van der Waals surface area contributed by atoms with Crippen LogP contribution in [0.3, 0.4) is 0 Å². The quantitative estimate of drug-likeness (QED) is 0.102. The van der Waals surface area contributed by atoms with Gasteiger partial charge < -0.3 is 14.7 Å². The van der Waals surface area contributed by atoms with E-state index in [0.29, 0.717) is 22.5 Å². The summed E-state index contributed by atoms with van der Waals surface area (Å²) < 4.78 is 34.0. The number of aliphatic carboxylic acids is 1. The number of benzene rings is 3. The number of nitro groups is 1. The number of carboxylic acid groups (broad SMARTS) is 1. The largest absolute Gasteiger partial charge is 0.480 e. The zero-order valence-corrected chi connectivity index (χ0v) is 29.5. The van der Waals surface area contributed by atoms with Crippen LogP contribution in [0.2, 0.25) is 5.02 Å². The van der Waals surface area contributed by atoms with Crippen LogP contribution in [0.1, 0.15) is 17.2 Å². The molecule has 0 unspecified atom stereocenters. The summed E-state index contributed by atoms with van der Waals surface area (Å²) in [6.07, 6.45) is -0.516. The number of carbonyl (C=O) groups is 3. The molecular weight excluding hydrogens is 756 g/mol. The third kappa shape index (κ3) is 10.0. The molecule has 5 rings (SSSR count). The highest BCUT2D eigenvalue weighted by Crippen LogP contribution is 2.35. The molecule has 0 bridgehead atoms. The van der Waals surface area contributed by atoms with Gasteiger partial charge in [0.2, 0.25) is 10.2 Å². The number of amides is 2. The van der Waals surface area contributed by atoms with E-state index < -0.39 is 80.9 Å². The van der Waals surface area contributed by atoms with Crippen molar-refractivity contribution in [3.8, 4) is 10.6 Å². The van der Waals surface area contributed by atoms with E-state index in [1.807, 2.05) is 12.1 Å². The Kier molecular flexibility index (Phi) is 12.2. The number of aromatic nitrogens is 4. The minimum atomic E-state index is -4.35. The number of nitrogens with zero attached hydrogens (tertiary/aromatic N) is 6. The van der Waals surface area contributed by atoms with Crippen molar-refractivity contribution in [1.82, 2.24) is 29.4 Å². The molecule has 18 nitrogen and oxygen atoms in total. The van der Waals surface area contributed by atoms with Crippen molar-refractivity contribution in [2.24, 2.45) is 0 Å². The number of sulfonamides is 1. The zero-order chi connectivity index (χ0) is 38.1. The normalized spacial score (nSPS) is 11.2. The first kappa shape index (κ1) is 38.1. The summed E-state index contributed by atoms with van der Waals surface area (Å²) in [6.45, 7) is -2.40. The molecule has 5 aromatic rings. The highest BCUT2D eigenvalue weighted by atomic mass is 35.5. The second-order valence-corrected chi connectivity index (χ2v) is 14.2. The summed E-state index contributed by atoms with van der Waals surface area (Å²) in [7, 11) is -4.35. The van der Waals surface area contributed by atoms with Crippen LogP contribution in [0.25, 0.3) is 10.6 Å². The number of carboxylic acids is 1.